The Morgan fingerprint density at radius 3 is 1.84 bits per heavy atom. The first kappa shape index (κ1) is 30.2. The maximum Gasteiger partial charge on any atom is 0.159 e. The minimum Gasteiger partial charge on any atom is -0.491 e. The molecule has 2 aromatic rings. The monoisotopic (exact) mass is 516 g/mol. The van der Waals surface area contributed by atoms with Crippen LogP contribution in [0.25, 0.3) is 16.7 Å². The predicted octanol–water partition coefficient (Wildman–Crippen LogP) is 11.0. The second-order valence-electron chi connectivity index (χ2n) is 11.5. The maximum absolute atomic E-state index is 12.8. The Balaban J connectivity index is 1.43. The zero-order chi connectivity index (χ0) is 27.0. The van der Waals surface area contributed by atoms with Gasteiger partial charge in [-0.05, 0) is 79.5 Å². The molecule has 1 aliphatic carbocycles. The molecule has 208 valence electrons. The van der Waals surface area contributed by atoms with Gasteiger partial charge in [0.15, 0.2) is 5.78 Å². The summed E-state index contributed by atoms with van der Waals surface area (Å²) in [6.45, 7) is 6.68. The number of hydrogen-bond acceptors (Lipinski definition) is 2. The molecule has 3 rings (SSSR count). The van der Waals surface area contributed by atoms with Crippen molar-refractivity contribution in [2.24, 2.45) is 5.92 Å². The average Bonchev–Trinajstić information content (AvgIpc) is 2.94. The second-order valence-corrected chi connectivity index (χ2v) is 11.5. The van der Waals surface area contributed by atoms with E-state index in [1.54, 1.807) is 0 Å². The van der Waals surface area contributed by atoms with Crippen molar-refractivity contribution >= 4 is 11.4 Å². The van der Waals surface area contributed by atoms with Gasteiger partial charge in [0, 0.05) is 5.92 Å². The van der Waals surface area contributed by atoms with Gasteiger partial charge in [-0.15, -0.1) is 0 Å². The normalized spacial score (nSPS) is 16.3. The fraction of sp³-hybridized carbons (Fsp3) is 0.583. The van der Waals surface area contributed by atoms with Gasteiger partial charge in [0.05, 0.1) is 6.10 Å². The molecule has 0 spiro atoms. The zero-order valence-corrected chi connectivity index (χ0v) is 24.5. The molecule has 0 N–H and O–H groups in total. The molecular formula is C36H52O2. The van der Waals surface area contributed by atoms with Gasteiger partial charge in [0.1, 0.15) is 5.75 Å². The third kappa shape index (κ3) is 10.4. The molecule has 0 aliphatic heterocycles. The summed E-state index contributed by atoms with van der Waals surface area (Å²) in [5, 5.41) is 0. The van der Waals surface area contributed by atoms with Gasteiger partial charge >= 0.3 is 0 Å². The molecule has 0 saturated heterocycles. The fourth-order valence-corrected chi connectivity index (χ4v) is 5.63. The van der Waals surface area contributed by atoms with E-state index >= 15 is 0 Å². The van der Waals surface area contributed by atoms with E-state index in [4.69, 9.17) is 4.74 Å². The number of carbonyl (C=O) groups excluding carboxylic acids is 1. The molecular weight excluding hydrogens is 464 g/mol. The quantitative estimate of drug-likeness (QED) is 0.184. The Kier molecular flexibility index (Phi) is 13.7. The minimum atomic E-state index is 0.234. The van der Waals surface area contributed by atoms with Gasteiger partial charge in [-0.1, -0.05) is 121 Å². The Morgan fingerprint density at radius 2 is 1.24 bits per heavy atom. The van der Waals surface area contributed by atoms with Gasteiger partial charge in [-0.2, -0.15) is 0 Å². The van der Waals surface area contributed by atoms with Crippen molar-refractivity contribution in [2.75, 3.05) is 0 Å². The highest BCUT2D eigenvalue weighted by Gasteiger charge is 2.22. The lowest BCUT2D eigenvalue weighted by molar-refractivity contribution is -0.118. The van der Waals surface area contributed by atoms with Crippen LogP contribution in [0.4, 0.5) is 0 Å². The molecule has 2 atom stereocenters. The zero-order valence-electron chi connectivity index (χ0n) is 24.5. The summed E-state index contributed by atoms with van der Waals surface area (Å²) in [7, 11) is 0. The van der Waals surface area contributed by atoms with Crippen molar-refractivity contribution in [1.82, 2.24) is 0 Å². The van der Waals surface area contributed by atoms with Crippen LogP contribution in [0.15, 0.2) is 54.6 Å². The van der Waals surface area contributed by atoms with E-state index in [0.717, 1.165) is 31.4 Å². The van der Waals surface area contributed by atoms with Gasteiger partial charge in [0.2, 0.25) is 0 Å². The first-order valence-electron chi connectivity index (χ1n) is 15.7. The van der Waals surface area contributed by atoms with E-state index < -0.39 is 0 Å². The SMILES string of the molecule is CCCCCCCCCCC1CCC(c2ccc(-c3ccc(OC(C)CCCCCC)cc3)cc2)=CC1=O. The number of hydrogen-bond donors (Lipinski definition) is 0. The molecule has 2 unspecified atom stereocenters. The molecule has 0 amide bonds. The first-order chi connectivity index (χ1) is 18.6. The molecule has 2 nitrogen and oxygen atoms in total. The van der Waals surface area contributed by atoms with Crippen molar-refractivity contribution in [3.8, 4) is 16.9 Å². The summed E-state index contributed by atoms with van der Waals surface area (Å²) in [6.07, 6.45) is 22.1. The molecule has 0 bridgehead atoms. The highest BCUT2D eigenvalue weighted by atomic mass is 16.5. The maximum atomic E-state index is 12.8. The van der Waals surface area contributed by atoms with Gasteiger partial charge in [-0.25, -0.2) is 0 Å². The summed E-state index contributed by atoms with van der Waals surface area (Å²) >= 11 is 0. The number of ketones is 1. The van der Waals surface area contributed by atoms with Crippen LogP contribution in [-0.4, -0.2) is 11.9 Å². The summed E-state index contributed by atoms with van der Waals surface area (Å²) in [6, 6.07) is 17.2. The number of unbranched alkanes of at least 4 members (excludes halogenated alkanes) is 10. The number of allylic oxidation sites excluding steroid dienone is 2. The van der Waals surface area contributed by atoms with Crippen molar-refractivity contribution in [3.63, 3.8) is 0 Å². The van der Waals surface area contributed by atoms with Crippen LogP contribution in [-0.2, 0) is 4.79 Å². The topological polar surface area (TPSA) is 26.3 Å². The van der Waals surface area contributed by atoms with E-state index in [0.29, 0.717) is 5.78 Å². The highest BCUT2D eigenvalue weighted by molar-refractivity contribution is 6.00. The van der Waals surface area contributed by atoms with E-state index in [9.17, 15) is 4.79 Å². The number of benzene rings is 2. The lowest BCUT2D eigenvalue weighted by atomic mass is 9.82. The molecule has 0 saturated carbocycles. The van der Waals surface area contributed by atoms with Crippen molar-refractivity contribution in [1.29, 1.82) is 0 Å². The largest absolute Gasteiger partial charge is 0.491 e. The molecule has 0 fully saturated rings. The Hall–Kier alpha value is -2.35. The predicted molar refractivity (Wildman–Crippen MR) is 164 cm³/mol. The van der Waals surface area contributed by atoms with E-state index in [-0.39, 0.29) is 12.0 Å². The summed E-state index contributed by atoms with van der Waals surface area (Å²) in [5.41, 5.74) is 4.77. The number of carbonyl (C=O) groups is 1. The first-order valence-corrected chi connectivity index (χ1v) is 15.7. The fourth-order valence-electron chi connectivity index (χ4n) is 5.63. The van der Waals surface area contributed by atoms with Crippen LogP contribution in [0, 0.1) is 5.92 Å². The summed E-state index contributed by atoms with van der Waals surface area (Å²) in [4.78, 5) is 12.8. The van der Waals surface area contributed by atoms with Crippen molar-refractivity contribution in [3.05, 3.63) is 60.2 Å². The van der Waals surface area contributed by atoms with Gasteiger partial charge in [-0.3, -0.25) is 4.79 Å². The molecule has 0 heterocycles. The lowest BCUT2D eigenvalue weighted by Gasteiger charge is -2.21. The van der Waals surface area contributed by atoms with Crippen molar-refractivity contribution < 1.29 is 9.53 Å². The highest BCUT2D eigenvalue weighted by Crippen LogP contribution is 2.32. The Labute approximate surface area is 233 Å². The summed E-state index contributed by atoms with van der Waals surface area (Å²) < 4.78 is 6.12. The molecule has 1 aliphatic rings. The van der Waals surface area contributed by atoms with Crippen LogP contribution >= 0.6 is 0 Å². The van der Waals surface area contributed by atoms with Crippen LogP contribution in [0.2, 0.25) is 0 Å². The third-order valence-electron chi connectivity index (χ3n) is 8.13. The van der Waals surface area contributed by atoms with E-state index in [2.05, 4.69) is 69.3 Å². The smallest absolute Gasteiger partial charge is 0.159 e. The Morgan fingerprint density at radius 1 is 0.711 bits per heavy atom. The molecule has 0 radical (unpaired) electrons. The lowest BCUT2D eigenvalue weighted by Crippen LogP contribution is -2.17. The van der Waals surface area contributed by atoms with Crippen LogP contribution in [0.3, 0.4) is 0 Å². The van der Waals surface area contributed by atoms with E-state index in [1.807, 2.05) is 6.08 Å². The van der Waals surface area contributed by atoms with Gasteiger partial charge in [0.25, 0.3) is 0 Å². The summed E-state index contributed by atoms with van der Waals surface area (Å²) in [5.74, 6) is 1.52. The van der Waals surface area contributed by atoms with E-state index in [1.165, 1.54) is 99.3 Å². The average molecular weight is 517 g/mol. The number of ether oxygens (including phenoxy) is 1. The molecule has 2 heteroatoms. The molecule has 38 heavy (non-hydrogen) atoms. The Bertz CT molecular complexity index is 954. The molecule has 0 aromatic heterocycles. The molecule has 2 aromatic carbocycles. The van der Waals surface area contributed by atoms with Crippen molar-refractivity contribution in [2.45, 2.75) is 130 Å². The van der Waals surface area contributed by atoms with Crippen LogP contribution in [0.5, 0.6) is 5.75 Å². The third-order valence-corrected chi connectivity index (χ3v) is 8.13. The van der Waals surface area contributed by atoms with Crippen LogP contribution in [0.1, 0.15) is 129 Å². The second kappa shape index (κ2) is 17.3. The minimum absolute atomic E-state index is 0.234. The number of rotatable bonds is 18. The van der Waals surface area contributed by atoms with Crippen LogP contribution < -0.4 is 4.74 Å². The van der Waals surface area contributed by atoms with Gasteiger partial charge < -0.3 is 4.74 Å². The standard InChI is InChI=1S/C36H52O2/c1-4-6-8-10-11-12-13-15-17-33-22-23-34(28-36(33)37)32-20-18-30(19-21-32)31-24-26-35(27-25-31)38-29(3)16-14-9-7-5-2/h18-21,24-29,33H,4-17,22-23H2,1-3H3.